The molecule has 2 rings (SSSR count). The third kappa shape index (κ3) is 3.74. The van der Waals surface area contributed by atoms with Crippen molar-refractivity contribution in [1.29, 1.82) is 0 Å². The monoisotopic (exact) mass is 312 g/mol. The first-order chi connectivity index (χ1) is 9.93. The molecule has 6 nitrogen and oxygen atoms in total. The van der Waals surface area contributed by atoms with Crippen LogP contribution in [0.2, 0.25) is 0 Å². The number of hydrogen-bond donors (Lipinski definition) is 1. The number of sulfonamides is 1. The Bertz CT molecular complexity index is 615. The van der Waals surface area contributed by atoms with Gasteiger partial charge >= 0.3 is 0 Å². The van der Waals surface area contributed by atoms with Gasteiger partial charge in [-0.15, -0.1) is 0 Å². The van der Waals surface area contributed by atoms with E-state index < -0.39 is 16.1 Å². The molecule has 1 fully saturated rings. The molecular weight excluding hydrogens is 292 g/mol. The average molecular weight is 312 g/mol. The van der Waals surface area contributed by atoms with Gasteiger partial charge in [0, 0.05) is 18.7 Å². The molecule has 0 radical (unpaired) electrons. The highest BCUT2D eigenvalue weighted by molar-refractivity contribution is 7.88. The van der Waals surface area contributed by atoms with E-state index >= 15 is 0 Å². The quantitative estimate of drug-likeness (QED) is 0.870. The number of benzene rings is 1. The average Bonchev–Trinajstić information content (AvgIpc) is 2.94. The Labute approximate surface area is 125 Å². The summed E-state index contributed by atoms with van der Waals surface area (Å²) in [5.41, 5.74) is 0.859. The zero-order valence-electron chi connectivity index (χ0n) is 12.2. The largest absolute Gasteiger partial charge is 0.496 e. The second kappa shape index (κ2) is 6.44. The van der Waals surface area contributed by atoms with Crippen molar-refractivity contribution >= 4 is 15.9 Å². The smallest absolute Gasteiger partial charge is 0.238 e. The maximum Gasteiger partial charge on any atom is 0.238 e. The zero-order chi connectivity index (χ0) is 15.5. The van der Waals surface area contributed by atoms with Crippen molar-refractivity contribution < 1.29 is 17.9 Å². The van der Waals surface area contributed by atoms with E-state index in [0.717, 1.165) is 11.8 Å². The van der Waals surface area contributed by atoms with Crippen molar-refractivity contribution in [3.8, 4) is 5.75 Å². The van der Waals surface area contributed by atoms with E-state index in [0.29, 0.717) is 31.7 Å². The lowest BCUT2D eigenvalue weighted by molar-refractivity contribution is -0.124. The molecule has 1 heterocycles. The Kier molecular flexibility index (Phi) is 4.84. The number of nitrogens with one attached hydrogen (secondary N) is 1. The van der Waals surface area contributed by atoms with E-state index in [4.69, 9.17) is 4.74 Å². The number of ether oxygens (including phenoxy) is 1. The van der Waals surface area contributed by atoms with Crippen LogP contribution in [-0.4, -0.2) is 44.6 Å². The van der Waals surface area contributed by atoms with Gasteiger partial charge in [0.1, 0.15) is 11.8 Å². The summed E-state index contributed by atoms with van der Waals surface area (Å²) in [4.78, 5) is 12.2. The molecule has 0 aromatic heterocycles. The second-order valence-corrected chi connectivity index (χ2v) is 7.00. The Morgan fingerprint density at radius 1 is 1.43 bits per heavy atom. The second-order valence-electron chi connectivity index (χ2n) is 5.06. The summed E-state index contributed by atoms with van der Waals surface area (Å²) in [7, 11) is -1.77. The van der Waals surface area contributed by atoms with Crippen molar-refractivity contribution in [2.45, 2.75) is 25.4 Å². The predicted molar refractivity (Wildman–Crippen MR) is 79.4 cm³/mol. The first-order valence-corrected chi connectivity index (χ1v) is 8.64. The summed E-state index contributed by atoms with van der Waals surface area (Å²) in [5, 5.41) is 2.79. The predicted octanol–water partition coefficient (Wildman–Crippen LogP) is 0.735. The highest BCUT2D eigenvalue weighted by Gasteiger charge is 2.36. The number of hydrogen-bond acceptors (Lipinski definition) is 4. The van der Waals surface area contributed by atoms with Gasteiger partial charge in [0.15, 0.2) is 0 Å². The van der Waals surface area contributed by atoms with Gasteiger partial charge in [-0.3, -0.25) is 4.79 Å². The van der Waals surface area contributed by atoms with Crippen molar-refractivity contribution in [2.24, 2.45) is 0 Å². The molecule has 21 heavy (non-hydrogen) atoms. The summed E-state index contributed by atoms with van der Waals surface area (Å²) < 4.78 is 29.8. The maximum absolute atomic E-state index is 12.2. The number of nitrogens with zero attached hydrogens (tertiary/aromatic N) is 1. The van der Waals surface area contributed by atoms with E-state index in [9.17, 15) is 13.2 Å². The minimum absolute atomic E-state index is 0.260. The lowest BCUT2D eigenvalue weighted by Gasteiger charge is -2.21. The van der Waals surface area contributed by atoms with Gasteiger partial charge in [-0.2, -0.15) is 4.31 Å². The summed E-state index contributed by atoms with van der Waals surface area (Å²) in [6, 6.07) is 6.80. The minimum atomic E-state index is -3.34. The van der Waals surface area contributed by atoms with Crippen molar-refractivity contribution in [3.63, 3.8) is 0 Å². The van der Waals surface area contributed by atoms with Crippen LogP contribution < -0.4 is 10.1 Å². The number of para-hydroxylation sites is 1. The molecule has 0 aliphatic carbocycles. The standard InChI is InChI=1S/C14H20N2O4S/c1-20-13-8-4-3-6-11(13)10-15-14(17)12-7-5-9-16(12)21(2,18)19/h3-4,6,8,12H,5,7,9-10H2,1-2H3,(H,15,17)/t12-/m0/s1. The Morgan fingerprint density at radius 3 is 2.81 bits per heavy atom. The summed E-state index contributed by atoms with van der Waals surface area (Å²) in [6.07, 6.45) is 2.41. The molecule has 7 heteroatoms. The van der Waals surface area contributed by atoms with Crippen LogP contribution >= 0.6 is 0 Å². The molecule has 116 valence electrons. The lowest BCUT2D eigenvalue weighted by Crippen LogP contribution is -2.45. The van der Waals surface area contributed by atoms with Crippen molar-refractivity contribution in [3.05, 3.63) is 29.8 Å². The molecule has 1 aromatic rings. The van der Waals surface area contributed by atoms with Crippen LogP contribution in [0.4, 0.5) is 0 Å². The number of methoxy groups -OCH3 is 1. The van der Waals surface area contributed by atoms with Gasteiger partial charge in [0.25, 0.3) is 0 Å². The normalized spacial score (nSPS) is 19.4. The van der Waals surface area contributed by atoms with E-state index in [1.54, 1.807) is 7.11 Å². The molecule has 1 N–H and O–H groups in total. The first kappa shape index (κ1) is 15.8. The molecule has 1 aliphatic rings. The zero-order valence-corrected chi connectivity index (χ0v) is 13.0. The minimum Gasteiger partial charge on any atom is -0.496 e. The number of amides is 1. The molecular formula is C14H20N2O4S. The van der Waals surface area contributed by atoms with Gasteiger partial charge in [0.05, 0.1) is 13.4 Å². The molecule has 1 amide bonds. The van der Waals surface area contributed by atoms with Crippen LogP contribution in [-0.2, 0) is 21.4 Å². The fraction of sp³-hybridized carbons (Fsp3) is 0.500. The topological polar surface area (TPSA) is 75.7 Å². The van der Waals surface area contributed by atoms with E-state index in [2.05, 4.69) is 5.32 Å². The Balaban J connectivity index is 2.02. The van der Waals surface area contributed by atoms with Crippen LogP contribution in [0.1, 0.15) is 18.4 Å². The van der Waals surface area contributed by atoms with Crippen LogP contribution in [0.25, 0.3) is 0 Å². The van der Waals surface area contributed by atoms with Gasteiger partial charge in [0.2, 0.25) is 15.9 Å². The molecule has 1 aromatic carbocycles. The molecule has 1 atom stereocenters. The fourth-order valence-electron chi connectivity index (χ4n) is 2.55. The van der Waals surface area contributed by atoms with E-state index in [1.165, 1.54) is 4.31 Å². The van der Waals surface area contributed by atoms with Gasteiger partial charge < -0.3 is 10.1 Å². The highest BCUT2D eigenvalue weighted by atomic mass is 32.2. The van der Waals surface area contributed by atoms with Gasteiger partial charge in [-0.05, 0) is 18.9 Å². The third-order valence-corrected chi connectivity index (χ3v) is 4.87. The molecule has 0 unspecified atom stereocenters. The maximum atomic E-state index is 12.2. The summed E-state index contributed by atoms with van der Waals surface area (Å²) >= 11 is 0. The number of rotatable bonds is 5. The number of carbonyl (C=O) groups excluding carboxylic acids is 1. The molecule has 0 saturated carbocycles. The Morgan fingerprint density at radius 2 is 2.14 bits per heavy atom. The molecule has 1 saturated heterocycles. The van der Waals surface area contributed by atoms with Crippen LogP contribution in [0.3, 0.4) is 0 Å². The van der Waals surface area contributed by atoms with E-state index in [1.807, 2.05) is 24.3 Å². The SMILES string of the molecule is COc1ccccc1CNC(=O)[C@@H]1CCCN1S(C)(=O)=O. The molecule has 1 aliphatic heterocycles. The van der Waals surface area contributed by atoms with Crippen LogP contribution in [0.5, 0.6) is 5.75 Å². The van der Waals surface area contributed by atoms with Crippen molar-refractivity contribution in [2.75, 3.05) is 19.9 Å². The van der Waals surface area contributed by atoms with Gasteiger partial charge in [-0.25, -0.2) is 8.42 Å². The summed E-state index contributed by atoms with van der Waals surface area (Å²) in [5.74, 6) is 0.438. The fourth-order valence-corrected chi connectivity index (χ4v) is 3.67. The van der Waals surface area contributed by atoms with Gasteiger partial charge in [-0.1, -0.05) is 18.2 Å². The van der Waals surface area contributed by atoms with Crippen LogP contribution in [0, 0.1) is 0 Å². The third-order valence-electron chi connectivity index (χ3n) is 3.58. The summed E-state index contributed by atoms with van der Waals surface area (Å²) in [6.45, 7) is 0.725. The Hall–Kier alpha value is -1.60. The first-order valence-electron chi connectivity index (χ1n) is 6.80. The van der Waals surface area contributed by atoms with E-state index in [-0.39, 0.29) is 5.91 Å². The molecule has 0 bridgehead atoms. The highest BCUT2D eigenvalue weighted by Crippen LogP contribution is 2.21. The number of carbonyl (C=O) groups is 1. The van der Waals surface area contributed by atoms with Crippen LogP contribution in [0.15, 0.2) is 24.3 Å². The lowest BCUT2D eigenvalue weighted by atomic mass is 10.2. The van der Waals surface area contributed by atoms with Crippen molar-refractivity contribution in [1.82, 2.24) is 9.62 Å². The molecule has 0 spiro atoms.